The summed E-state index contributed by atoms with van der Waals surface area (Å²) >= 11 is 1.13. The molecule has 1 heterocycles. The van der Waals surface area contributed by atoms with E-state index in [-0.39, 0.29) is 5.97 Å². The molecule has 0 amide bonds. The molecule has 0 radical (unpaired) electrons. The summed E-state index contributed by atoms with van der Waals surface area (Å²) in [6, 6.07) is 3.91. The predicted octanol–water partition coefficient (Wildman–Crippen LogP) is 2.10. The zero-order valence-electron chi connectivity index (χ0n) is 7.61. The van der Waals surface area contributed by atoms with Gasteiger partial charge >= 0.3 is 5.97 Å². The quantitative estimate of drug-likeness (QED) is 0.696. The summed E-state index contributed by atoms with van der Waals surface area (Å²) in [7, 11) is 0. The van der Waals surface area contributed by atoms with Crippen LogP contribution in [-0.4, -0.2) is 11.0 Å². The average Bonchev–Trinajstić information content (AvgIpc) is 2.08. The standard InChI is InChI=1S/C9H11NO2S/c1-7-3-4-9(5-10-7)6-13-12-8(2)11/h3-5H,6H2,1-2H3. The fourth-order valence-electron chi connectivity index (χ4n) is 0.764. The van der Waals surface area contributed by atoms with E-state index in [0.29, 0.717) is 5.75 Å². The number of hydrogen-bond acceptors (Lipinski definition) is 4. The molecule has 70 valence electrons. The Morgan fingerprint density at radius 3 is 2.92 bits per heavy atom. The third kappa shape index (κ3) is 3.94. The summed E-state index contributed by atoms with van der Waals surface area (Å²) < 4.78 is 4.73. The highest BCUT2D eigenvalue weighted by Crippen LogP contribution is 2.12. The molecule has 0 bridgehead atoms. The highest BCUT2D eigenvalue weighted by molar-refractivity contribution is 7.94. The maximum absolute atomic E-state index is 10.4. The van der Waals surface area contributed by atoms with Gasteiger partial charge in [0, 0.05) is 18.8 Å². The van der Waals surface area contributed by atoms with Crippen molar-refractivity contribution in [3.05, 3.63) is 29.6 Å². The Balaban J connectivity index is 2.37. The summed E-state index contributed by atoms with van der Waals surface area (Å²) in [5.74, 6) is 0.373. The third-order valence-corrected chi connectivity index (χ3v) is 2.18. The van der Waals surface area contributed by atoms with E-state index < -0.39 is 0 Å². The lowest BCUT2D eigenvalue weighted by atomic mass is 10.3. The average molecular weight is 197 g/mol. The van der Waals surface area contributed by atoms with Gasteiger partial charge in [-0.2, -0.15) is 0 Å². The summed E-state index contributed by atoms with van der Waals surface area (Å²) in [6.07, 6.45) is 1.78. The van der Waals surface area contributed by atoms with Gasteiger partial charge < -0.3 is 4.18 Å². The Morgan fingerprint density at radius 2 is 2.38 bits per heavy atom. The SMILES string of the molecule is CC(=O)OSCc1ccc(C)nc1. The molecular formula is C9H11NO2S. The van der Waals surface area contributed by atoms with Crippen molar-refractivity contribution in [1.82, 2.24) is 4.98 Å². The molecule has 13 heavy (non-hydrogen) atoms. The first-order valence-electron chi connectivity index (χ1n) is 3.90. The molecule has 1 aromatic rings. The van der Waals surface area contributed by atoms with Crippen molar-refractivity contribution >= 4 is 18.0 Å². The lowest BCUT2D eigenvalue weighted by Crippen LogP contribution is -1.91. The molecule has 0 N–H and O–H groups in total. The van der Waals surface area contributed by atoms with E-state index in [0.717, 1.165) is 23.3 Å². The van der Waals surface area contributed by atoms with E-state index in [4.69, 9.17) is 4.18 Å². The molecule has 0 aliphatic heterocycles. The zero-order chi connectivity index (χ0) is 9.68. The first-order valence-corrected chi connectivity index (χ1v) is 4.81. The van der Waals surface area contributed by atoms with Gasteiger partial charge in [0.1, 0.15) is 0 Å². The van der Waals surface area contributed by atoms with Gasteiger partial charge in [-0.1, -0.05) is 6.07 Å². The van der Waals surface area contributed by atoms with Crippen LogP contribution < -0.4 is 0 Å². The lowest BCUT2D eigenvalue weighted by Gasteiger charge is -1.99. The van der Waals surface area contributed by atoms with E-state index >= 15 is 0 Å². The maximum atomic E-state index is 10.4. The minimum atomic E-state index is -0.273. The second-order valence-corrected chi connectivity index (χ2v) is 3.34. The number of carbonyl (C=O) groups excluding carboxylic acids is 1. The van der Waals surface area contributed by atoms with Crippen LogP contribution in [0, 0.1) is 6.92 Å². The van der Waals surface area contributed by atoms with E-state index in [2.05, 4.69) is 4.98 Å². The van der Waals surface area contributed by atoms with Crippen LogP contribution in [-0.2, 0) is 14.7 Å². The van der Waals surface area contributed by atoms with Crippen molar-refractivity contribution in [1.29, 1.82) is 0 Å². The van der Waals surface area contributed by atoms with Crippen LogP contribution in [0.2, 0.25) is 0 Å². The Hall–Kier alpha value is -1.03. The van der Waals surface area contributed by atoms with E-state index in [1.54, 1.807) is 6.20 Å². The summed E-state index contributed by atoms with van der Waals surface area (Å²) in [5, 5.41) is 0. The number of pyridine rings is 1. The zero-order valence-corrected chi connectivity index (χ0v) is 8.43. The third-order valence-electron chi connectivity index (χ3n) is 1.37. The summed E-state index contributed by atoms with van der Waals surface area (Å²) in [4.78, 5) is 14.6. The molecule has 4 heteroatoms. The van der Waals surface area contributed by atoms with Crippen molar-refractivity contribution in [3.8, 4) is 0 Å². The lowest BCUT2D eigenvalue weighted by molar-refractivity contribution is -0.130. The molecule has 3 nitrogen and oxygen atoms in total. The van der Waals surface area contributed by atoms with Gasteiger partial charge in [-0.15, -0.1) is 0 Å². The van der Waals surface area contributed by atoms with E-state index in [9.17, 15) is 4.79 Å². The minimum Gasteiger partial charge on any atom is -0.391 e. The van der Waals surface area contributed by atoms with Gasteiger partial charge in [0.25, 0.3) is 0 Å². The smallest absolute Gasteiger partial charge is 0.314 e. The Morgan fingerprint density at radius 1 is 1.62 bits per heavy atom. The van der Waals surface area contributed by atoms with Crippen LogP contribution in [0.5, 0.6) is 0 Å². The molecule has 1 aromatic heterocycles. The number of carbonyl (C=O) groups is 1. The van der Waals surface area contributed by atoms with Crippen LogP contribution in [0.4, 0.5) is 0 Å². The number of nitrogens with zero attached hydrogens (tertiary/aromatic N) is 1. The van der Waals surface area contributed by atoms with Gasteiger partial charge in [0.15, 0.2) is 0 Å². The number of rotatable bonds is 3. The molecule has 0 atom stereocenters. The van der Waals surface area contributed by atoms with Crippen molar-refractivity contribution in [3.63, 3.8) is 0 Å². The second-order valence-electron chi connectivity index (χ2n) is 2.64. The number of aromatic nitrogens is 1. The highest BCUT2D eigenvalue weighted by atomic mass is 32.2. The van der Waals surface area contributed by atoms with Crippen molar-refractivity contribution in [2.75, 3.05) is 0 Å². The maximum Gasteiger partial charge on any atom is 0.314 e. The molecule has 0 aromatic carbocycles. The molecule has 0 aliphatic carbocycles. The van der Waals surface area contributed by atoms with Crippen molar-refractivity contribution in [2.45, 2.75) is 19.6 Å². The van der Waals surface area contributed by atoms with Crippen LogP contribution in [0.25, 0.3) is 0 Å². The van der Waals surface area contributed by atoms with Crippen LogP contribution >= 0.6 is 12.0 Å². The van der Waals surface area contributed by atoms with Crippen LogP contribution in [0.1, 0.15) is 18.2 Å². The summed E-state index contributed by atoms with van der Waals surface area (Å²) in [6.45, 7) is 3.32. The van der Waals surface area contributed by atoms with Gasteiger partial charge in [0.05, 0.1) is 17.8 Å². The van der Waals surface area contributed by atoms with E-state index in [1.807, 2.05) is 19.1 Å². The van der Waals surface area contributed by atoms with E-state index in [1.165, 1.54) is 6.92 Å². The predicted molar refractivity (Wildman–Crippen MR) is 52.0 cm³/mol. The van der Waals surface area contributed by atoms with Gasteiger partial charge in [0.2, 0.25) is 0 Å². The van der Waals surface area contributed by atoms with Crippen LogP contribution in [0.3, 0.4) is 0 Å². The molecule has 0 aliphatic rings. The molecule has 0 unspecified atom stereocenters. The molecule has 0 saturated heterocycles. The van der Waals surface area contributed by atoms with Gasteiger partial charge in [-0.3, -0.25) is 9.78 Å². The molecule has 0 fully saturated rings. The molecular weight excluding hydrogens is 186 g/mol. The summed E-state index contributed by atoms with van der Waals surface area (Å²) in [5.41, 5.74) is 2.04. The fourth-order valence-corrected chi connectivity index (χ4v) is 1.30. The topological polar surface area (TPSA) is 39.2 Å². The van der Waals surface area contributed by atoms with Gasteiger partial charge in [-0.05, 0) is 18.6 Å². The first kappa shape index (κ1) is 10.1. The second kappa shape index (κ2) is 4.87. The highest BCUT2D eigenvalue weighted by Gasteiger charge is 1.97. The Labute approximate surface area is 81.7 Å². The van der Waals surface area contributed by atoms with Crippen molar-refractivity contribution in [2.24, 2.45) is 0 Å². The van der Waals surface area contributed by atoms with Crippen LogP contribution in [0.15, 0.2) is 18.3 Å². The molecule has 1 rings (SSSR count). The fraction of sp³-hybridized carbons (Fsp3) is 0.333. The Bertz CT molecular complexity index is 284. The first-order chi connectivity index (χ1) is 6.18. The van der Waals surface area contributed by atoms with Gasteiger partial charge in [-0.25, -0.2) is 0 Å². The number of hydrogen-bond donors (Lipinski definition) is 0. The molecule has 0 saturated carbocycles. The normalized spacial score (nSPS) is 9.69. The monoisotopic (exact) mass is 197 g/mol. The number of aryl methyl sites for hydroxylation is 1. The minimum absolute atomic E-state index is 0.273. The van der Waals surface area contributed by atoms with Crippen molar-refractivity contribution < 1.29 is 8.98 Å². The Kier molecular flexibility index (Phi) is 3.76. The largest absolute Gasteiger partial charge is 0.391 e. The molecule has 0 spiro atoms.